The van der Waals surface area contributed by atoms with E-state index in [2.05, 4.69) is 4.98 Å². The molecule has 2 amide bonds. The van der Waals surface area contributed by atoms with Crippen LogP contribution in [0.5, 0.6) is 0 Å². The lowest BCUT2D eigenvalue weighted by atomic mass is 9.77. The number of allylic oxidation sites excluding steroid dienone is 2. The maximum Gasteiger partial charge on any atom is 0.309 e. The average Bonchev–Trinajstić information content (AvgIpc) is 3.26. The summed E-state index contributed by atoms with van der Waals surface area (Å²) in [5.41, 5.74) is 0.730. The van der Waals surface area contributed by atoms with Gasteiger partial charge in [0.05, 0.1) is 24.5 Å². The number of likely N-dealkylation sites (tertiary alicyclic amines) is 2. The molecule has 0 N–H and O–H groups in total. The van der Waals surface area contributed by atoms with Gasteiger partial charge in [0.1, 0.15) is 5.03 Å². The number of ether oxygens (including phenoxy) is 1. The van der Waals surface area contributed by atoms with Crippen LogP contribution in [0.15, 0.2) is 35.5 Å². The molecule has 3 heterocycles. The van der Waals surface area contributed by atoms with Crippen LogP contribution in [0.4, 0.5) is 0 Å². The van der Waals surface area contributed by atoms with Gasteiger partial charge in [0.25, 0.3) is 5.91 Å². The summed E-state index contributed by atoms with van der Waals surface area (Å²) in [6.45, 7) is 2.83. The number of carbonyl (C=O) groups is 3. The molecule has 2 aliphatic heterocycles. The molecule has 8 heteroatoms. The van der Waals surface area contributed by atoms with Gasteiger partial charge in [-0.2, -0.15) is 0 Å². The molecule has 2 fully saturated rings. The van der Waals surface area contributed by atoms with Crippen molar-refractivity contribution in [3.05, 3.63) is 36.0 Å². The molecule has 32 heavy (non-hydrogen) atoms. The molecule has 0 bridgehead atoms. The van der Waals surface area contributed by atoms with E-state index in [9.17, 15) is 14.4 Å². The van der Waals surface area contributed by atoms with Gasteiger partial charge in [-0.05, 0) is 55.9 Å². The zero-order valence-electron chi connectivity index (χ0n) is 18.8. The molecule has 0 aromatic carbocycles. The molecule has 2 atom stereocenters. The Morgan fingerprint density at radius 3 is 2.38 bits per heavy atom. The highest BCUT2D eigenvalue weighted by molar-refractivity contribution is 7.98. The molecular weight excluding hydrogens is 426 g/mol. The predicted molar refractivity (Wildman–Crippen MR) is 122 cm³/mol. The fourth-order valence-corrected chi connectivity index (χ4v) is 5.88. The molecule has 172 valence electrons. The summed E-state index contributed by atoms with van der Waals surface area (Å²) in [6.07, 6.45) is 11.5. The van der Waals surface area contributed by atoms with Crippen molar-refractivity contribution in [3.63, 3.8) is 0 Å². The van der Waals surface area contributed by atoms with Gasteiger partial charge < -0.3 is 14.5 Å². The number of piperidine rings is 1. The van der Waals surface area contributed by atoms with E-state index >= 15 is 0 Å². The van der Waals surface area contributed by atoms with Gasteiger partial charge in [-0.3, -0.25) is 14.4 Å². The topological polar surface area (TPSA) is 79.8 Å². The second kappa shape index (κ2) is 9.65. The van der Waals surface area contributed by atoms with Crippen molar-refractivity contribution < 1.29 is 19.1 Å². The Balaban J connectivity index is 1.37. The van der Waals surface area contributed by atoms with E-state index in [1.165, 1.54) is 18.9 Å². The van der Waals surface area contributed by atoms with E-state index in [-0.39, 0.29) is 29.1 Å². The molecule has 4 rings (SSSR count). The molecule has 1 spiro atoms. The molecule has 7 nitrogen and oxygen atoms in total. The van der Waals surface area contributed by atoms with Crippen molar-refractivity contribution in [2.45, 2.75) is 37.1 Å². The maximum absolute atomic E-state index is 13.3. The van der Waals surface area contributed by atoms with Crippen molar-refractivity contribution >= 4 is 29.5 Å². The van der Waals surface area contributed by atoms with E-state index in [0.717, 1.165) is 30.8 Å². The minimum atomic E-state index is -0.390. The quantitative estimate of drug-likeness (QED) is 0.393. The van der Waals surface area contributed by atoms with Crippen molar-refractivity contribution in [1.82, 2.24) is 14.8 Å². The first-order valence-corrected chi connectivity index (χ1v) is 12.5. The molecule has 0 radical (unpaired) electrons. The van der Waals surface area contributed by atoms with Gasteiger partial charge in [-0.1, -0.05) is 12.2 Å². The number of hydrogen-bond donors (Lipinski definition) is 0. The van der Waals surface area contributed by atoms with Crippen LogP contribution in [-0.2, 0) is 14.3 Å². The monoisotopic (exact) mass is 457 g/mol. The summed E-state index contributed by atoms with van der Waals surface area (Å²) < 4.78 is 4.94. The summed E-state index contributed by atoms with van der Waals surface area (Å²) in [6, 6.07) is 3.65. The number of hydrogen-bond acceptors (Lipinski definition) is 6. The molecule has 1 aliphatic carbocycles. The van der Waals surface area contributed by atoms with E-state index in [1.807, 2.05) is 34.3 Å². The minimum absolute atomic E-state index is 0.0399. The largest absolute Gasteiger partial charge is 0.469 e. The summed E-state index contributed by atoms with van der Waals surface area (Å²) in [4.78, 5) is 46.7. The van der Waals surface area contributed by atoms with Gasteiger partial charge in [0, 0.05) is 32.4 Å². The predicted octanol–water partition coefficient (Wildman–Crippen LogP) is 3.01. The Kier molecular flexibility index (Phi) is 6.88. The number of pyridine rings is 1. The third-order valence-corrected chi connectivity index (χ3v) is 8.02. The number of nitrogens with zero attached hydrogens (tertiary/aromatic N) is 3. The van der Waals surface area contributed by atoms with E-state index in [4.69, 9.17) is 4.74 Å². The molecule has 1 aromatic rings. The lowest BCUT2D eigenvalue weighted by molar-refractivity contribution is -0.153. The number of thioether (sulfide) groups is 1. The van der Waals surface area contributed by atoms with Gasteiger partial charge in [-0.15, -0.1) is 11.8 Å². The third kappa shape index (κ3) is 4.42. The summed E-state index contributed by atoms with van der Waals surface area (Å²) >= 11 is 1.49. The van der Waals surface area contributed by atoms with Crippen LogP contribution in [-0.4, -0.2) is 72.1 Å². The number of carbonyl (C=O) groups excluding carboxylic acids is 3. The van der Waals surface area contributed by atoms with Crippen LogP contribution < -0.4 is 0 Å². The Morgan fingerprint density at radius 2 is 1.72 bits per heavy atom. The highest BCUT2D eigenvalue weighted by Crippen LogP contribution is 2.42. The number of aromatic nitrogens is 1. The van der Waals surface area contributed by atoms with Gasteiger partial charge >= 0.3 is 5.97 Å². The lowest BCUT2D eigenvalue weighted by Crippen LogP contribution is -2.46. The first-order chi connectivity index (χ1) is 15.5. The van der Waals surface area contributed by atoms with E-state index in [0.29, 0.717) is 38.0 Å². The highest BCUT2D eigenvalue weighted by atomic mass is 32.2. The maximum atomic E-state index is 13.3. The van der Waals surface area contributed by atoms with Crippen LogP contribution >= 0.6 is 11.8 Å². The Labute approximate surface area is 193 Å². The number of amides is 2. The second-order valence-corrected chi connectivity index (χ2v) is 9.84. The second-order valence-electron chi connectivity index (χ2n) is 9.04. The van der Waals surface area contributed by atoms with Crippen molar-refractivity contribution in [2.75, 3.05) is 39.5 Å². The number of methoxy groups -OCH3 is 1. The number of esters is 1. The Morgan fingerprint density at radius 1 is 1.06 bits per heavy atom. The van der Waals surface area contributed by atoms with Gasteiger partial charge in [-0.25, -0.2) is 4.98 Å². The fourth-order valence-electron chi connectivity index (χ4n) is 5.34. The molecule has 1 aromatic heterocycles. The SMILES string of the molecule is COC(=O)C1CC=CCC1C(=O)N1CCC2(CCN(C(=O)c3cccnc3SC)CC2)C1. The molecule has 3 aliphatic rings. The number of rotatable bonds is 4. The zero-order valence-corrected chi connectivity index (χ0v) is 19.6. The van der Waals surface area contributed by atoms with Gasteiger partial charge in [0.2, 0.25) is 5.91 Å². The van der Waals surface area contributed by atoms with Crippen molar-refractivity contribution in [2.24, 2.45) is 17.3 Å². The standard InChI is InChI=1S/C24H31N3O4S/c1-31-23(30)18-7-4-3-6-17(18)21(28)27-15-11-24(16-27)9-13-26(14-10-24)22(29)19-8-5-12-25-20(19)32-2/h3-5,8,12,17-18H,6-7,9-11,13-16H2,1-2H3. The molecule has 0 saturated carbocycles. The Hall–Kier alpha value is -2.35. The smallest absolute Gasteiger partial charge is 0.309 e. The first-order valence-electron chi connectivity index (χ1n) is 11.3. The Bertz CT molecular complexity index is 910. The van der Waals surface area contributed by atoms with E-state index in [1.54, 1.807) is 12.3 Å². The van der Waals surface area contributed by atoms with Crippen molar-refractivity contribution in [3.8, 4) is 0 Å². The summed E-state index contributed by atoms with van der Waals surface area (Å²) in [5.74, 6) is -0.912. The third-order valence-electron chi connectivity index (χ3n) is 7.31. The van der Waals surface area contributed by atoms with Crippen LogP contribution in [0.25, 0.3) is 0 Å². The van der Waals surface area contributed by atoms with Crippen molar-refractivity contribution in [1.29, 1.82) is 0 Å². The minimum Gasteiger partial charge on any atom is -0.469 e. The first kappa shape index (κ1) is 22.8. The van der Waals surface area contributed by atoms with E-state index < -0.39 is 5.92 Å². The summed E-state index contributed by atoms with van der Waals surface area (Å²) in [5, 5.41) is 0.761. The summed E-state index contributed by atoms with van der Waals surface area (Å²) in [7, 11) is 1.38. The average molecular weight is 458 g/mol. The zero-order chi connectivity index (χ0) is 22.7. The fraction of sp³-hybridized carbons (Fsp3) is 0.583. The van der Waals surface area contributed by atoms with Crippen LogP contribution in [0.3, 0.4) is 0 Å². The lowest BCUT2D eigenvalue weighted by Gasteiger charge is -2.39. The molecule has 2 unspecified atom stereocenters. The highest BCUT2D eigenvalue weighted by Gasteiger charge is 2.45. The molecular formula is C24H31N3O4S. The molecule has 2 saturated heterocycles. The van der Waals surface area contributed by atoms with Crippen LogP contribution in [0.2, 0.25) is 0 Å². The normalized spacial score (nSPS) is 24.6. The van der Waals surface area contributed by atoms with Gasteiger partial charge in [0.15, 0.2) is 0 Å². The van der Waals surface area contributed by atoms with Crippen LogP contribution in [0, 0.1) is 17.3 Å². The van der Waals surface area contributed by atoms with Crippen LogP contribution in [0.1, 0.15) is 42.5 Å².